The van der Waals surface area contributed by atoms with Gasteiger partial charge in [0.05, 0.1) is 17.6 Å². The van der Waals surface area contributed by atoms with Gasteiger partial charge in [-0.1, -0.05) is 31.4 Å². The first-order valence-electron chi connectivity index (χ1n) is 9.76. The van der Waals surface area contributed by atoms with Gasteiger partial charge in [-0.05, 0) is 50.3 Å². The average molecular weight is 326 g/mol. The van der Waals surface area contributed by atoms with Crippen LogP contribution in [0.4, 0.5) is 0 Å². The van der Waals surface area contributed by atoms with Crippen LogP contribution in [0.15, 0.2) is 24.3 Å². The number of H-pyrrole nitrogens is 1. The van der Waals surface area contributed by atoms with Gasteiger partial charge in [0.2, 0.25) is 0 Å². The molecule has 1 saturated carbocycles. The number of piperidine rings is 1. The van der Waals surface area contributed by atoms with Crippen molar-refractivity contribution in [3.05, 3.63) is 30.1 Å². The Balaban J connectivity index is 1.28. The minimum absolute atomic E-state index is 0.607. The number of hydrogen-bond acceptors (Lipinski definition) is 3. The molecule has 2 aliphatic rings. The van der Waals surface area contributed by atoms with E-state index in [1.54, 1.807) is 0 Å². The van der Waals surface area contributed by atoms with E-state index in [0.717, 1.165) is 29.3 Å². The molecular weight excluding hydrogens is 296 g/mol. The van der Waals surface area contributed by atoms with Crippen molar-refractivity contribution in [2.75, 3.05) is 19.6 Å². The summed E-state index contributed by atoms with van der Waals surface area (Å²) in [5.74, 6) is 2.01. The molecule has 0 amide bonds. The van der Waals surface area contributed by atoms with E-state index < -0.39 is 0 Å². The zero-order chi connectivity index (χ0) is 16.2. The molecule has 2 N–H and O–H groups in total. The quantitative estimate of drug-likeness (QED) is 0.880. The molecule has 1 aromatic carbocycles. The second kappa shape index (κ2) is 7.66. The van der Waals surface area contributed by atoms with Crippen molar-refractivity contribution in [2.45, 2.75) is 57.5 Å². The van der Waals surface area contributed by atoms with Gasteiger partial charge < -0.3 is 15.2 Å². The van der Waals surface area contributed by atoms with E-state index in [1.807, 2.05) is 6.07 Å². The number of aromatic amines is 1. The Morgan fingerprint density at radius 1 is 1.08 bits per heavy atom. The van der Waals surface area contributed by atoms with Gasteiger partial charge >= 0.3 is 0 Å². The summed E-state index contributed by atoms with van der Waals surface area (Å²) in [5.41, 5.74) is 2.20. The van der Waals surface area contributed by atoms with Gasteiger partial charge in [0, 0.05) is 19.1 Å². The number of nitrogens with zero attached hydrogens (tertiary/aromatic N) is 2. The molecule has 130 valence electrons. The van der Waals surface area contributed by atoms with E-state index in [2.05, 4.69) is 38.4 Å². The summed E-state index contributed by atoms with van der Waals surface area (Å²) in [6.07, 6.45) is 9.88. The molecule has 0 radical (unpaired) electrons. The molecule has 4 rings (SSSR count). The summed E-state index contributed by atoms with van der Waals surface area (Å²) in [6.45, 7) is 4.66. The number of nitrogens with one attached hydrogen (secondary N) is 2. The summed E-state index contributed by atoms with van der Waals surface area (Å²) in [6, 6.07) is 8.88. The zero-order valence-electron chi connectivity index (χ0n) is 14.6. The predicted molar refractivity (Wildman–Crippen MR) is 99.0 cm³/mol. The van der Waals surface area contributed by atoms with Gasteiger partial charge in [0.25, 0.3) is 0 Å². The van der Waals surface area contributed by atoms with Gasteiger partial charge in [0.15, 0.2) is 0 Å². The molecule has 1 aliphatic carbocycles. The molecule has 1 aromatic heterocycles. The largest absolute Gasteiger partial charge is 0.341 e. The molecule has 1 aliphatic heterocycles. The number of benzene rings is 1. The van der Waals surface area contributed by atoms with E-state index in [9.17, 15) is 0 Å². The Kier molecular flexibility index (Phi) is 5.14. The first-order chi connectivity index (χ1) is 11.9. The van der Waals surface area contributed by atoms with Crippen molar-refractivity contribution in [2.24, 2.45) is 5.92 Å². The van der Waals surface area contributed by atoms with E-state index in [-0.39, 0.29) is 0 Å². The maximum Gasteiger partial charge on any atom is 0.121 e. The Morgan fingerprint density at radius 3 is 2.83 bits per heavy atom. The van der Waals surface area contributed by atoms with Gasteiger partial charge in [-0.3, -0.25) is 0 Å². The summed E-state index contributed by atoms with van der Waals surface area (Å²) < 4.78 is 0. The molecule has 1 saturated heterocycles. The molecule has 24 heavy (non-hydrogen) atoms. The summed E-state index contributed by atoms with van der Waals surface area (Å²) in [4.78, 5) is 10.8. The molecule has 1 atom stereocenters. The standard InChI is InChI=1S/C20H30N4/c1-2-7-16(8-3-1)14-24-12-6-9-17(15-24)21-13-20-22-18-10-4-5-11-19(18)23-20/h4-5,10-11,16-17,21H,1-3,6-9,12-15H2,(H,22,23)/t17-/m1/s1. The molecule has 4 nitrogen and oxygen atoms in total. The fourth-order valence-electron chi connectivity index (χ4n) is 4.45. The normalized spacial score (nSPS) is 23.8. The van der Waals surface area contributed by atoms with Crippen molar-refractivity contribution in [1.29, 1.82) is 0 Å². The maximum atomic E-state index is 4.68. The minimum Gasteiger partial charge on any atom is -0.341 e. The highest BCUT2D eigenvalue weighted by molar-refractivity contribution is 5.74. The lowest BCUT2D eigenvalue weighted by atomic mass is 9.88. The third kappa shape index (κ3) is 3.98. The number of fused-ring (bicyclic) bond motifs is 1. The number of hydrogen-bond donors (Lipinski definition) is 2. The molecule has 4 heteroatoms. The van der Waals surface area contributed by atoms with Crippen LogP contribution in [-0.4, -0.2) is 40.5 Å². The fourth-order valence-corrected chi connectivity index (χ4v) is 4.45. The Bertz CT molecular complexity index is 611. The lowest BCUT2D eigenvalue weighted by molar-refractivity contribution is 0.149. The zero-order valence-corrected chi connectivity index (χ0v) is 14.6. The highest BCUT2D eigenvalue weighted by atomic mass is 15.2. The first-order valence-corrected chi connectivity index (χ1v) is 9.76. The molecule has 2 fully saturated rings. The van der Waals surface area contributed by atoms with E-state index in [0.29, 0.717) is 6.04 Å². The molecule has 2 aromatic rings. The van der Waals surface area contributed by atoms with Crippen LogP contribution in [0.2, 0.25) is 0 Å². The van der Waals surface area contributed by atoms with E-state index >= 15 is 0 Å². The van der Waals surface area contributed by atoms with Gasteiger partial charge in [0.1, 0.15) is 5.82 Å². The highest BCUT2D eigenvalue weighted by Crippen LogP contribution is 2.25. The number of para-hydroxylation sites is 2. The maximum absolute atomic E-state index is 4.68. The molecule has 0 unspecified atom stereocenters. The second-order valence-electron chi connectivity index (χ2n) is 7.68. The monoisotopic (exact) mass is 326 g/mol. The van der Waals surface area contributed by atoms with Gasteiger partial charge in [-0.2, -0.15) is 0 Å². The van der Waals surface area contributed by atoms with Crippen LogP contribution < -0.4 is 5.32 Å². The Labute approximate surface area is 145 Å². The smallest absolute Gasteiger partial charge is 0.121 e. The Hall–Kier alpha value is -1.39. The van der Waals surface area contributed by atoms with Crippen molar-refractivity contribution in [3.8, 4) is 0 Å². The topological polar surface area (TPSA) is 44.0 Å². The fraction of sp³-hybridized carbons (Fsp3) is 0.650. The van der Waals surface area contributed by atoms with Crippen molar-refractivity contribution in [1.82, 2.24) is 20.2 Å². The van der Waals surface area contributed by atoms with Crippen molar-refractivity contribution in [3.63, 3.8) is 0 Å². The SMILES string of the molecule is c1ccc2[nH]c(CN[C@@H]3CCCN(CC4CCCCC4)C3)nc2c1. The molecular formula is C20H30N4. The first kappa shape index (κ1) is 16.1. The Morgan fingerprint density at radius 2 is 1.96 bits per heavy atom. The highest BCUT2D eigenvalue weighted by Gasteiger charge is 2.23. The second-order valence-corrected chi connectivity index (χ2v) is 7.68. The van der Waals surface area contributed by atoms with Crippen LogP contribution in [0.25, 0.3) is 11.0 Å². The molecule has 0 spiro atoms. The van der Waals surface area contributed by atoms with E-state index in [4.69, 9.17) is 0 Å². The minimum atomic E-state index is 0.607. The van der Waals surface area contributed by atoms with Crippen LogP contribution in [0, 0.1) is 5.92 Å². The lowest BCUT2D eigenvalue weighted by Gasteiger charge is -2.36. The summed E-state index contributed by atoms with van der Waals surface area (Å²) in [5, 5.41) is 3.73. The van der Waals surface area contributed by atoms with Crippen LogP contribution >= 0.6 is 0 Å². The van der Waals surface area contributed by atoms with E-state index in [1.165, 1.54) is 64.6 Å². The van der Waals surface area contributed by atoms with Crippen LogP contribution in [-0.2, 0) is 6.54 Å². The predicted octanol–water partition coefficient (Wildman–Crippen LogP) is 3.70. The average Bonchev–Trinajstić information content (AvgIpc) is 3.04. The van der Waals surface area contributed by atoms with Crippen LogP contribution in [0.1, 0.15) is 50.8 Å². The lowest BCUT2D eigenvalue weighted by Crippen LogP contribution is -2.47. The summed E-state index contributed by atoms with van der Waals surface area (Å²) in [7, 11) is 0. The number of aromatic nitrogens is 2. The third-order valence-corrected chi connectivity index (χ3v) is 5.74. The molecule has 2 heterocycles. The third-order valence-electron chi connectivity index (χ3n) is 5.74. The summed E-state index contributed by atoms with van der Waals surface area (Å²) >= 11 is 0. The van der Waals surface area contributed by atoms with Gasteiger partial charge in [-0.25, -0.2) is 4.98 Å². The molecule has 0 bridgehead atoms. The van der Waals surface area contributed by atoms with Crippen molar-refractivity contribution >= 4 is 11.0 Å². The van der Waals surface area contributed by atoms with Crippen LogP contribution in [0.5, 0.6) is 0 Å². The number of imidazole rings is 1. The number of likely N-dealkylation sites (tertiary alicyclic amines) is 1. The van der Waals surface area contributed by atoms with Crippen molar-refractivity contribution < 1.29 is 0 Å². The van der Waals surface area contributed by atoms with Crippen LogP contribution in [0.3, 0.4) is 0 Å². The number of rotatable bonds is 5. The van der Waals surface area contributed by atoms with Gasteiger partial charge in [-0.15, -0.1) is 0 Å².